The zero-order chi connectivity index (χ0) is 22.9. The van der Waals surface area contributed by atoms with Gasteiger partial charge >= 0.3 is 0 Å². The summed E-state index contributed by atoms with van der Waals surface area (Å²) in [6, 6.07) is 27.8. The van der Waals surface area contributed by atoms with E-state index in [-0.39, 0.29) is 5.88 Å². The van der Waals surface area contributed by atoms with Gasteiger partial charge in [0.05, 0.1) is 21.9 Å². The summed E-state index contributed by atoms with van der Waals surface area (Å²) < 4.78 is 1.76. The van der Waals surface area contributed by atoms with E-state index in [0.29, 0.717) is 14.8 Å². The molecule has 1 N–H and O–H groups in total. The van der Waals surface area contributed by atoms with Crippen LogP contribution in [0, 0.1) is 0 Å². The Morgan fingerprint density at radius 3 is 2.44 bits per heavy atom. The lowest BCUT2D eigenvalue weighted by Gasteiger charge is -2.04. The number of rotatable bonds is 4. The number of allylic oxidation sites excluding steroid dienone is 1. The van der Waals surface area contributed by atoms with Crippen LogP contribution in [-0.2, 0) is 0 Å². The highest BCUT2D eigenvalue weighted by molar-refractivity contribution is 7.14. The molecule has 5 nitrogen and oxygen atoms in total. The molecule has 1 aliphatic heterocycles. The SMILES string of the molecule is Oc1c(/C=C2\C=Nc3ccccc32)s/c(=N/c2nc(-c3ccccc3)cs2)n1-c1ccccc1. The second-order valence-electron chi connectivity index (χ2n) is 7.61. The number of nitrogens with zero attached hydrogens (tertiary/aromatic N) is 4. The molecule has 0 radical (unpaired) electrons. The third-order valence-electron chi connectivity index (χ3n) is 5.44. The van der Waals surface area contributed by atoms with Crippen molar-refractivity contribution in [3.05, 3.63) is 106 Å². The standard InChI is InChI=1S/C27H18N4OS2/c32-25-24(15-19-16-28-22-14-8-7-13-21(19)22)34-27(31(25)20-11-5-2-6-12-20)30-26-29-23(17-33-26)18-9-3-1-4-10-18/h1-17,32H/b19-15+,30-27+. The predicted octanol–water partition coefficient (Wildman–Crippen LogP) is 6.86. The number of hydrogen-bond acceptors (Lipinski definition) is 6. The Bertz CT molecular complexity index is 1610. The van der Waals surface area contributed by atoms with Crippen LogP contribution in [0.15, 0.2) is 100 Å². The number of aliphatic imine (C=N–C) groups is 1. The Morgan fingerprint density at radius 2 is 1.62 bits per heavy atom. The fourth-order valence-corrected chi connectivity index (χ4v) is 5.54. The van der Waals surface area contributed by atoms with Gasteiger partial charge in [-0.3, -0.25) is 9.56 Å². The van der Waals surface area contributed by atoms with Gasteiger partial charge < -0.3 is 5.11 Å². The number of benzene rings is 3. The van der Waals surface area contributed by atoms with Crippen LogP contribution in [-0.4, -0.2) is 20.9 Å². The van der Waals surface area contributed by atoms with E-state index in [1.807, 2.05) is 103 Å². The lowest BCUT2D eigenvalue weighted by molar-refractivity contribution is 0.439. The molecule has 3 aromatic carbocycles. The number of hydrogen-bond donors (Lipinski definition) is 1. The quantitative estimate of drug-likeness (QED) is 0.307. The topological polar surface area (TPSA) is 62.8 Å². The molecule has 0 saturated carbocycles. The van der Waals surface area contributed by atoms with E-state index in [1.54, 1.807) is 4.57 Å². The van der Waals surface area contributed by atoms with Gasteiger partial charge in [0, 0.05) is 28.3 Å². The second-order valence-corrected chi connectivity index (χ2v) is 9.46. The van der Waals surface area contributed by atoms with Crippen LogP contribution in [0.3, 0.4) is 0 Å². The molecule has 0 saturated heterocycles. The van der Waals surface area contributed by atoms with E-state index >= 15 is 0 Å². The Hall–Kier alpha value is -4.07. The summed E-state index contributed by atoms with van der Waals surface area (Å²) in [5.41, 5.74) is 5.71. The van der Waals surface area contributed by atoms with Gasteiger partial charge in [-0.05, 0) is 24.3 Å². The van der Waals surface area contributed by atoms with Crippen LogP contribution < -0.4 is 4.80 Å². The summed E-state index contributed by atoms with van der Waals surface area (Å²) in [4.78, 5) is 15.4. The van der Waals surface area contributed by atoms with Gasteiger partial charge in [-0.15, -0.1) is 11.3 Å². The van der Waals surface area contributed by atoms with Crippen molar-refractivity contribution >= 4 is 51.4 Å². The first-order valence-corrected chi connectivity index (χ1v) is 12.4. The highest BCUT2D eigenvalue weighted by Crippen LogP contribution is 2.35. The molecule has 7 heteroatoms. The Morgan fingerprint density at radius 1 is 0.882 bits per heavy atom. The van der Waals surface area contributed by atoms with Crippen molar-refractivity contribution in [1.29, 1.82) is 0 Å². The minimum atomic E-state index is 0.139. The summed E-state index contributed by atoms with van der Waals surface area (Å²) in [5.74, 6) is 0.139. The van der Waals surface area contributed by atoms with Crippen molar-refractivity contribution in [2.45, 2.75) is 0 Å². The largest absolute Gasteiger partial charge is 0.493 e. The van der Waals surface area contributed by atoms with E-state index in [2.05, 4.69) is 4.99 Å². The van der Waals surface area contributed by atoms with E-state index in [9.17, 15) is 5.11 Å². The Labute approximate surface area is 204 Å². The smallest absolute Gasteiger partial charge is 0.215 e. The van der Waals surface area contributed by atoms with Gasteiger partial charge in [-0.25, -0.2) is 4.98 Å². The Balaban J connectivity index is 1.48. The average molecular weight is 479 g/mol. The molecule has 0 amide bonds. The van der Waals surface area contributed by atoms with E-state index in [1.165, 1.54) is 22.7 Å². The molecule has 0 atom stereocenters. The maximum Gasteiger partial charge on any atom is 0.215 e. The molecule has 0 unspecified atom stereocenters. The van der Waals surface area contributed by atoms with Gasteiger partial charge in [-0.2, -0.15) is 4.99 Å². The maximum atomic E-state index is 11.2. The monoisotopic (exact) mass is 478 g/mol. The second kappa shape index (κ2) is 8.70. The number of thiazole rings is 2. The summed E-state index contributed by atoms with van der Waals surface area (Å²) >= 11 is 2.90. The zero-order valence-electron chi connectivity index (χ0n) is 17.9. The first-order chi connectivity index (χ1) is 16.8. The van der Waals surface area contributed by atoms with Gasteiger partial charge in [-0.1, -0.05) is 78.1 Å². The van der Waals surface area contributed by atoms with Crippen molar-refractivity contribution < 1.29 is 5.11 Å². The molecule has 34 heavy (non-hydrogen) atoms. The highest BCUT2D eigenvalue weighted by Gasteiger charge is 2.17. The summed E-state index contributed by atoms with van der Waals surface area (Å²) in [6.07, 6.45) is 3.80. The van der Waals surface area contributed by atoms with E-state index < -0.39 is 0 Å². The minimum absolute atomic E-state index is 0.139. The molecule has 1 aliphatic rings. The van der Waals surface area contributed by atoms with Crippen LogP contribution in [0.1, 0.15) is 10.4 Å². The zero-order valence-corrected chi connectivity index (χ0v) is 19.5. The number of para-hydroxylation sites is 2. The third-order valence-corrected chi connectivity index (χ3v) is 7.15. The van der Waals surface area contributed by atoms with Crippen LogP contribution in [0.25, 0.3) is 28.6 Å². The summed E-state index contributed by atoms with van der Waals surface area (Å²) in [7, 11) is 0. The fourth-order valence-electron chi connectivity index (χ4n) is 3.80. The van der Waals surface area contributed by atoms with Gasteiger partial charge in [0.25, 0.3) is 0 Å². The van der Waals surface area contributed by atoms with Crippen LogP contribution in [0.4, 0.5) is 10.8 Å². The van der Waals surface area contributed by atoms with E-state index in [0.717, 1.165) is 33.8 Å². The minimum Gasteiger partial charge on any atom is -0.493 e. The molecular formula is C27H18N4OS2. The summed E-state index contributed by atoms with van der Waals surface area (Å²) in [5, 5.41) is 13.9. The first-order valence-electron chi connectivity index (χ1n) is 10.7. The van der Waals surface area contributed by atoms with Crippen LogP contribution in [0.2, 0.25) is 0 Å². The molecule has 3 heterocycles. The molecule has 0 fully saturated rings. The van der Waals surface area contributed by atoms with Gasteiger partial charge in [0.15, 0.2) is 4.80 Å². The van der Waals surface area contributed by atoms with Crippen molar-refractivity contribution in [3.63, 3.8) is 0 Å². The molecular weight excluding hydrogens is 460 g/mol. The molecule has 0 bridgehead atoms. The number of fused-ring (bicyclic) bond motifs is 1. The highest BCUT2D eigenvalue weighted by atomic mass is 32.1. The number of aromatic nitrogens is 2. The fraction of sp³-hybridized carbons (Fsp3) is 0. The molecule has 2 aromatic heterocycles. The first kappa shape index (κ1) is 20.5. The van der Waals surface area contributed by atoms with Crippen LogP contribution in [0.5, 0.6) is 5.88 Å². The number of aromatic hydroxyl groups is 1. The lowest BCUT2D eigenvalue weighted by Crippen LogP contribution is -2.11. The van der Waals surface area contributed by atoms with Crippen LogP contribution >= 0.6 is 22.7 Å². The molecule has 0 aliphatic carbocycles. The predicted molar refractivity (Wildman–Crippen MR) is 141 cm³/mol. The molecule has 5 aromatic rings. The normalized spacial score (nSPS) is 14.1. The third kappa shape index (κ3) is 3.81. The molecule has 164 valence electrons. The van der Waals surface area contributed by atoms with E-state index in [4.69, 9.17) is 9.98 Å². The molecule has 6 rings (SSSR count). The maximum absolute atomic E-state index is 11.2. The average Bonchev–Trinajstić information content (AvgIpc) is 3.59. The lowest BCUT2D eigenvalue weighted by atomic mass is 10.1. The summed E-state index contributed by atoms with van der Waals surface area (Å²) in [6.45, 7) is 0. The van der Waals surface area contributed by atoms with Crippen molar-refractivity contribution in [2.24, 2.45) is 9.98 Å². The van der Waals surface area contributed by atoms with Crippen molar-refractivity contribution in [1.82, 2.24) is 9.55 Å². The molecule has 0 spiro atoms. The van der Waals surface area contributed by atoms with Crippen molar-refractivity contribution in [2.75, 3.05) is 0 Å². The van der Waals surface area contributed by atoms with Gasteiger partial charge in [0.1, 0.15) is 0 Å². The Kier molecular flexibility index (Phi) is 5.25. The van der Waals surface area contributed by atoms with Gasteiger partial charge in [0.2, 0.25) is 11.0 Å². The van der Waals surface area contributed by atoms with Crippen molar-refractivity contribution in [3.8, 4) is 22.8 Å².